The van der Waals surface area contributed by atoms with E-state index in [-0.39, 0.29) is 0 Å². The number of aromatic nitrogens is 1. The van der Waals surface area contributed by atoms with Gasteiger partial charge in [-0.1, -0.05) is 30.3 Å². The fraction of sp³-hybridized carbons (Fsp3) is 0.154. The van der Waals surface area contributed by atoms with Gasteiger partial charge in [-0.3, -0.25) is 9.82 Å². The Morgan fingerprint density at radius 3 is 2.67 bits per heavy atom. The number of benzene rings is 1. The van der Waals surface area contributed by atoms with Gasteiger partial charge in [-0.15, -0.1) is 0 Å². The van der Waals surface area contributed by atoms with E-state index in [2.05, 4.69) is 42.3 Å². The molecule has 0 unspecified atom stereocenters. The van der Waals surface area contributed by atoms with Crippen LogP contribution in [0.2, 0.25) is 0 Å². The zero-order chi connectivity index (χ0) is 12.8. The molecular weight excluding hydrogens is 360 g/mol. The van der Waals surface area contributed by atoms with Crippen LogP contribution in [0.4, 0.5) is 0 Å². The van der Waals surface area contributed by atoms with Gasteiger partial charge < -0.3 is 0 Å². The van der Waals surface area contributed by atoms with Crippen LogP contribution in [0.1, 0.15) is 11.3 Å². The van der Waals surface area contributed by atoms with Gasteiger partial charge in [-0.05, 0) is 43.5 Å². The SMILES string of the molecule is Brc1cnc(CNOCc2ccccc2)c(Br)c1. The number of pyridine rings is 1. The summed E-state index contributed by atoms with van der Waals surface area (Å²) in [5.41, 5.74) is 4.94. The Labute approximate surface area is 123 Å². The van der Waals surface area contributed by atoms with Crippen molar-refractivity contribution in [3.63, 3.8) is 0 Å². The van der Waals surface area contributed by atoms with Gasteiger partial charge in [-0.2, -0.15) is 5.48 Å². The first-order valence-corrected chi connectivity index (χ1v) is 7.03. The number of nitrogens with one attached hydrogen (secondary N) is 1. The van der Waals surface area contributed by atoms with Crippen LogP contribution < -0.4 is 5.48 Å². The lowest BCUT2D eigenvalue weighted by Gasteiger charge is -2.07. The van der Waals surface area contributed by atoms with Crippen LogP contribution >= 0.6 is 31.9 Å². The van der Waals surface area contributed by atoms with Crippen LogP contribution in [-0.4, -0.2) is 4.98 Å². The summed E-state index contributed by atoms with van der Waals surface area (Å²) in [6.45, 7) is 1.09. The summed E-state index contributed by atoms with van der Waals surface area (Å²) in [5.74, 6) is 0. The van der Waals surface area contributed by atoms with Crippen LogP contribution in [0.15, 0.2) is 51.5 Å². The molecule has 0 amide bonds. The van der Waals surface area contributed by atoms with Gasteiger partial charge in [0, 0.05) is 15.1 Å². The number of nitrogens with zero attached hydrogens (tertiary/aromatic N) is 1. The van der Waals surface area contributed by atoms with E-state index in [1.807, 2.05) is 36.4 Å². The van der Waals surface area contributed by atoms with E-state index in [9.17, 15) is 0 Å². The second-order valence-electron chi connectivity index (χ2n) is 3.68. The molecule has 0 aliphatic carbocycles. The molecule has 0 aliphatic rings. The molecule has 0 radical (unpaired) electrons. The molecule has 0 saturated heterocycles. The minimum Gasteiger partial charge on any atom is -0.297 e. The first-order valence-electron chi connectivity index (χ1n) is 5.44. The molecule has 18 heavy (non-hydrogen) atoms. The minimum absolute atomic E-state index is 0.537. The molecule has 0 bridgehead atoms. The van der Waals surface area contributed by atoms with Crippen molar-refractivity contribution >= 4 is 31.9 Å². The maximum atomic E-state index is 5.39. The van der Waals surface area contributed by atoms with Crippen LogP contribution in [0.3, 0.4) is 0 Å². The van der Waals surface area contributed by atoms with Crippen molar-refractivity contribution in [3.8, 4) is 0 Å². The Bertz CT molecular complexity index is 506. The van der Waals surface area contributed by atoms with E-state index < -0.39 is 0 Å². The van der Waals surface area contributed by atoms with Crippen LogP contribution in [0, 0.1) is 0 Å². The summed E-state index contributed by atoms with van der Waals surface area (Å²) in [7, 11) is 0. The smallest absolute Gasteiger partial charge is 0.0933 e. The summed E-state index contributed by atoms with van der Waals surface area (Å²) >= 11 is 6.82. The van der Waals surface area contributed by atoms with Crippen LogP contribution in [0.25, 0.3) is 0 Å². The Balaban J connectivity index is 1.79. The highest BCUT2D eigenvalue weighted by molar-refractivity contribution is 9.11. The molecule has 2 rings (SSSR count). The maximum Gasteiger partial charge on any atom is 0.0933 e. The zero-order valence-corrected chi connectivity index (χ0v) is 12.7. The van der Waals surface area contributed by atoms with Gasteiger partial charge >= 0.3 is 0 Å². The lowest BCUT2D eigenvalue weighted by Crippen LogP contribution is -2.15. The molecule has 5 heteroatoms. The standard InChI is InChI=1S/C13H12Br2N2O/c14-11-6-12(15)13(16-7-11)8-17-18-9-10-4-2-1-3-5-10/h1-7,17H,8-9H2. The first kappa shape index (κ1) is 13.7. The monoisotopic (exact) mass is 370 g/mol. The Morgan fingerprint density at radius 2 is 1.94 bits per heavy atom. The summed E-state index contributed by atoms with van der Waals surface area (Å²) in [5, 5.41) is 0. The van der Waals surface area contributed by atoms with Crippen molar-refractivity contribution in [2.45, 2.75) is 13.2 Å². The van der Waals surface area contributed by atoms with Crippen LogP contribution in [0.5, 0.6) is 0 Å². The zero-order valence-electron chi connectivity index (χ0n) is 9.57. The number of hydroxylamine groups is 1. The molecule has 1 heterocycles. The largest absolute Gasteiger partial charge is 0.297 e. The molecule has 0 aliphatic heterocycles. The summed E-state index contributed by atoms with van der Waals surface area (Å²) < 4.78 is 1.90. The molecule has 3 nitrogen and oxygen atoms in total. The van der Waals surface area contributed by atoms with E-state index in [0.717, 1.165) is 20.2 Å². The summed E-state index contributed by atoms with van der Waals surface area (Å²) in [6, 6.07) is 12.0. The quantitative estimate of drug-likeness (QED) is 0.640. The van der Waals surface area contributed by atoms with E-state index >= 15 is 0 Å². The van der Waals surface area contributed by atoms with Crippen molar-refractivity contribution in [1.29, 1.82) is 0 Å². The predicted octanol–water partition coefficient (Wildman–Crippen LogP) is 3.83. The predicted molar refractivity (Wildman–Crippen MR) is 77.7 cm³/mol. The van der Waals surface area contributed by atoms with Gasteiger partial charge in [0.25, 0.3) is 0 Å². The maximum absolute atomic E-state index is 5.39. The summed E-state index contributed by atoms with van der Waals surface area (Å²) in [4.78, 5) is 9.67. The lowest BCUT2D eigenvalue weighted by atomic mass is 10.2. The van der Waals surface area contributed by atoms with E-state index in [1.165, 1.54) is 0 Å². The van der Waals surface area contributed by atoms with Gasteiger partial charge in [0.05, 0.1) is 18.8 Å². The normalized spacial score (nSPS) is 10.6. The molecular formula is C13H12Br2N2O. The van der Waals surface area contributed by atoms with E-state index in [0.29, 0.717) is 13.2 Å². The third-order valence-electron chi connectivity index (χ3n) is 2.31. The number of hydrogen-bond acceptors (Lipinski definition) is 3. The highest BCUT2D eigenvalue weighted by Crippen LogP contribution is 2.19. The summed E-state index contributed by atoms with van der Waals surface area (Å²) in [6.07, 6.45) is 1.76. The molecule has 0 spiro atoms. The molecule has 1 N–H and O–H groups in total. The van der Waals surface area contributed by atoms with Crippen molar-refractivity contribution < 1.29 is 4.84 Å². The molecule has 0 saturated carbocycles. The fourth-order valence-corrected chi connectivity index (χ4v) is 2.53. The minimum atomic E-state index is 0.537. The third-order valence-corrected chi connectivity index (χ3v) is 3.43. The lowest BCUT2D eigenvalue weighted by molar-refractivity contribution is 0.0227. The van der Waals surface area contributed by atoms with Crippen LogP contribution in [-0.2, 0) is 18.0 Å². The van der Waals surface area contributed by atoms with Crippen molar-refractivity contribution in [2.24, 2.45) is 0 Å². The molecule has 1 aromatic heterocycles. The Hall–Kier alpha value is -0.750. The molecule has 2 aromatic rings. The van der Waals surface area contributed by atoms with Gasteiger partial charge in [-0.25, -0.2) is 0 Å². The Morgan fingerprint density at radius 1 is 1.17 bits per heavy atom. The molecule has 94 valence electrons. The highest BCUT2D eigenvalue weighted by atomic mass is 79.9. The third kappa shape index (κ3) is 4.17. The highest BCUT2D eigenvalue weighted by Gasteiger charge is 2.02. The van der Waals surface area contributed by atoms with Gasteiger partial charge in [0.2, 0.25) is 0 Å². The topological polar surface area (TPSA) is 34.2 Å². The number of halogens is 2. The second kappa shape index (κ2) is 6.99. The van der Waals surface area contributed by atoms with Gasteiger partial charge in [0.15, 0.2) is 0 Å². The second-order valence-corrected chi connectivity index (χ2v) is 5.45. The van der Waals surface area contributed by atoms with Gasteiger partial charge in [0.1, 0.15) is 0 Å². The van der Waals surface area contributed by atoms with Crippen molar-refractivity contribution in [2.75, 3.05) is 0 Å². The van der Waals surface area contributed by atoms with Crippen molar-refractivity contribution in [1.82, 2.24) is 10.5 Å². The molecule has 1 aromatic carbocycles. The van der Waals surface area contributed by atoms with E-state index in [1.54, 1.807) is 6.20 Å². The molecule has 0 atom stereocenters. The van der Waals surface area contributed by atoms with E-state index in [4.69, 9.17) is 4.84 Å². The fourth-order valence-electron chi connectivity index (χ4n) is 1.40. The molecule has 0 fully saturated rings. The Kier molecular flexibility index (Phi) is 5.31. The number of rotatable bonds is 5. The first-order chi connectivity index (χ1) is 8.75. The average Bonchev–Trinajstić information content (AvgIpc) is 2.38. The van der Waals surface area contributed by atoms with Crippen molar-refractivity contribution in [3.05, 3.63) is 62.8 Å². The number of hydrogen-bond donors (Lipinski definition) is 1. The average molecular weight is 372 g/mol.